The maximum absolute atomic E-state index is 12.2. The summed E-state index contributed by atoms with van der Waals surface area (Å²) >= 11 is 0. The number of aromatic nitrogens is 2. The fourth-order valence-electron chi connectivity index (χ4n) is 5.47. The van der Waals surface area contributed by atoms with E-state index in [4.69, 9.17) is 4.99 Å². The molecule has 0 radical (unpaired) electrons. The molecule has 0 spiro atoms. The van der Waals surface area contributed by atoms with Gasteiger partial charge in [-0.25, -0.2) is 4.98 Å². The van der Waals surface area contributed by atoms with Gasteiger partial charge < -0.3 is 0 Å². The van der Waals surface area contributed by atoms with Crippen molar-refractivity contribution in [3.63, 3.8) is 0 Å². The fourth-order valence-corrected chi connectivity index (χ4v) is 5.47. The lowest BCUT2D eigenvalue weighted by atomic mass is 9.42. The molecule has 2 aromatic carbocycles. The summed E-state index contributed by atoms with van der Waals surface area (Å²) in [4.78, 5) is 21.8. The zero-order valence-electron chi connectivity index (χ0n) is 16.7. The van der Waals surface area contributed by atoms with Crippen molar-refractivity contribution in [2.45, 2.75) is 44.6 Å². The molecular weight excluding hydrogens is 358 g/mol. The van der Waals surface area contributed by atoms with Crippen LogP contribution in [0.1, 0.15) is 72.0 Å². The van der Waals surface area contributed by atoms with Crippen LogP contribution in [0.25, 0.3) is 5.69 Å². The molecular formula is C25H23N3O. The molecule has 1 atom stereocenters. The Morgan fingerprint density at radius 1 is 1.10 bits per heavy atom. The number of rotatable bonds is 3. The number of imidazole rings is 1. The molecule has 1 aromatic heterocycles. The topological polar surface area (TPSA) is 47.2 Å². The van der Waals surface area contributed by atoms with E-state index in [0.717, 1.165) is 34.1 Å². The molecule has 3 fully saturated rings. The van der Waals surface area contributed by atoms with Gasteiger partial charge >= 0.3 is 0 Å². The molecule has 2 heterocycles. The summed E-state index contributed by atoms with van der Waals surface area (Å²) in [6, 6.07) is 17.1. The Hall–Kier alpha value is -3.01. The molecule has 0 N–H and O–H groups in total. The van der Waals surface area contributed by atoms with E-state index in [1.54, 1.807) is 13.3 Å². The van der Waals surface area contributed by atoms with Crippen LogP contribution >= 0.6 is 0 Å². The molecule has 29 heavy (non-hydrogen) atoms. The average molecular weight is 381 g/mol. The first kappa shape index (κ1) is 16.9. The Labute approximate surface area is 170 Å². The second-order valence-electron chi connectivity index (χ2n) is 8.91. The molecule has 4 heteroatoms. The number of ketones is 1. The second kappa shape index (κ2) is 5.76. The number of fused-ring (bicyclic) bond motifs is 3. The van der Waals surface area contributed by atoms with Crippen LogP contribution in [-0.2, 0) is 5.41 Å². The van der Waals surface area contributed by atoms with Crippen LogP contribution in [-0.4, -0.2) is 21.0 Å². The third-order valence-electron chi connectivity index (χ3n) is 7.07. The van der Waals surface area contributed by atoms with Gasteiger partial charge in [0, 0.05) is 18.1 Å². The maximum Gasteiger partial charge on any atom is 0.180 e. The van der Waals surface area contributed by atoms with Crippen LogP contribution in [0.2, 0.25) is 0 Å². The van der Waals surface area contributed by atoms with Gasteiger partial charge in [-0.1, -0.05) is 36.4 Å². The minimum atomic E-state index is -0.155. The van der Waals surface area contributed by atoms with Gasteiger partial charge in [0.15, 0.2) is 5.78 Å². The minimum Gasteiger partial charge on any atom is -0.300 e. The van der Waals surface area contributed by atoms with E-state index in [2.05, 4.69) is 58.9 Å². The number of hydrogen-bond donors (Lipinski definition) is 0. The van der Waals surface area contributed by atoms with Gasteiger partial charge in [-0.05, 0) is 55.2 Å². The van der Waals surface area contributed by atoms with Gasteiger partial charge in [0.2, 0.25) is 0 Å². The highest BCUT2D eigenvalue weighted by Gasteiger charge is 2.57. The molecule has 3 saturated carbocycles. The summed E-state index contributed by atoms with van der Waals surface area (Å²) in [6.07, 6.45) is 5.76. The van der Waals surface area contributed by atoms with Crippen LogP contribution in [0.4, 0.5) is 0 Å². The Morgan fingerprint density at radius 2 is 1.86 bits per heavy atom. The summed E-state index contributed by atoms with van der Waals surface area (Å²) in [5.74, 6) is 0.922. The lowest BCUT2D eigenvalue weighted by Crippen LogP contribution is -2.55. The summed E-state index contributed by atoms with van der Waals surface area (Å²) < 4.78 is 2.07. The molecule has 144 valence electrons. The molecule has 0 amide bonds. The van der Waals surface area contributed by atoms with E-state index in [0.29, 0.717) is 11.1 Å². The van der Waals surface area contributed by atoms with E-state index >= 15 is 0 Å². The van der Waals surface area contributed by atoms with Crippen molar-refractivity contribution < 1.29 is 4.79 Å². The van der Waals surface area contributed by atoms with Crippen LogP contribution in [0, 0.1) is 5.92 Å². The predicted octanol–water partition coefficient (Wildman–Crippen LogP) is 5.04. The van der Waals surface area contributed by atoms with Gasteiger partial charge in [0.05, 0.1) is 23.1 Å². The Morgan fingerprint density at radius 3 is 2.52 bits per heavy atom. The van der Waals surface area contributed by atoms with E-state index in [1.165, 1.54) is 24.8 Å². The summed E-state index contributed by atoms with van der Waals surface area (Å²) in [5.41, 5.74) is 7.53. The Bertz CT molecular complexity index is 1170. The number of nitrogens with zero attached hydrogens (tertiary/aromatic N) is 3. The third-order valence-corrected chi connectivity index (χ3v) is 7.07. The molecule has 1 aliphatic heterocycles. The molecule has 0 unspecified atom stereocenters. The number of carbonyl (C=O) groups is 1. The highest BCUT2D eigenvalue weighted by molar-refractivity contribution is 6.15. The number of aliphatic imine (C=N–C) groups is 1. The zero-order chi connectivity index (χ0) is 19.8. The summed E-state index contributed by atoms with van der Waals surface area (Å²) in [5, 5.41) is 0. The maximum atomic E-state index is 12.2. The van der Waals surface area contributed by atoms with Crippen molar-refractivity contribution >= 4 is 11.5 Å². The largest absolute Gasteiger partial charge is 0.300 e. The monoisotopic (exact) mass is 381 g/mol. The van der Waals surface area contributed by atoms with Crippen LogP contribution < -0.4 is 0 Å². The second-order valence-corrected chi connectivity index (χ2v) is 8.91. The molecule has 4 nitrogen and oxygen atoms in total. The average Bonchev–Trinajstić information content (AvgIpc) is 3.05. The number of benzene rings is 2. The van der Waals surface area contributed by atoms with Crippen molar-refractivity contribution in [2.24, 2.45) is 10.9 Å². The van der Waals surface area contributed by atoms with Crippen molar-refractivity contribution in [3.05, 3.63) is 82.9 Å². The van der Waals surface area contributed by atoms with Crippen LogP contribution in [0.5, 0.6) is 0 Å². The lowest BCUT2D eigenvalue weighted by molar-refractivity contribution is -0.0274. The summed E-state index contributed by atoms with van der Waals surface area (Å²) in [7, 11) is 0. The molecule has 3 aliphatic carbocycles. The van der Waals surface area contributed by atoms with Gasteiger partial charge in [-0.3, -0.25) is 14.4 Å². The normalized spacial score (nSPS) is 26.3. The smallest absolute Gasteiger partial charge is 0.180 e. The first-order chi connectivity index (χ1) is 14.1. The predicted molar refractivity (Wildman–Crippen MR) is 113 cm³/mol. The van der Waals surface area contributed by atoms with Crippen molar-refractivity contribution in [3.8, 4) is 5.69 Å². The van der Waals surface area contributed by atoms with E-state index in [1.807, 2.05) is 6.07 Å². The molecule has 7 rings (SSSR count). The van der Waals surface area contributed by atoms with Crippen LogP contribution in [0.3, 0.4) is 0 Å². The first-order valence-corrected chi connectivity index (χ1v) is 10.4. The molecule has 2 bridgehead atoms. The Balaban J connectivity index is 1.61. The molecule has 3 aromatic rings. The summed E-state index contributed by atoms with van der Waals surface area (Å²) in [6.45, 7) is 3.63. The quantitative estimate of drug-likeness (QED) is 0.597. The molecule has 0 saturated heterocycles. The van der Waals surface area contributed by atoms with E-state index in [-0.39, 0.29) is 11.8 Å². The third kappa shape index (κ3) is 2.29. The first-order valence-electron chi connectivity index (χ1n) is 10.4. The van der Waals surface area contributed by atoms with Gasteiger partial charge in [0.1, 0.15) is 12.0 Å². The van der Waals surface area contributed by atoms with Gasteiger partial charge in [-0.15, -0.1) is 0 Å². The zero-order valence-corrected chi connectivity index (χ0v) is 16.7. The van der Waals surface area contributed by atoms with E-state index < -0.39 is 0 Å². The highest BCUT2D eigenvalue weighted by Crippen LogP contribution is 2.65. The highest BCUT2D eigenvalue weighted by atomic mass is 16.1. The fraction of sp³-hybridized carbons (Fsp3) is 0.320. The number of carbonyl (C=O) groups excluding carboxylic acids is 1. The van der Waals surface area contributed by atoms with Gasteiger partial charge in [-0.2, -0.15) is 0 Å². The van der Waals surface area contributed by atoms with E-state index in [9.17, 15) is 4.79 Å². The standard InChI is InChI=1S/C25H23N3O/c1-15-24-22(16(2)29)26-14-28(24)21-9-8-19(25-11-17(12-25)13-25)10-20(21)23(27-15)18-6-4-3-5-7-18/h3-10,14-15,17H,11-13H2,1-2H3/t15-,17?,25?/m1/s1. The van der Waals surface area contributed by atoms with Gasteiger partial charge in [0.25, 0.3) is 0 Å². The SMILES string of the molecule is CC(=O)c1ncn2c1[C@@H](C)N=C(c1ccccc1)c1cc(C34CC(C3)C4)ccc1-2. The molecule has 4 aliphatic rings. The van der Waals surface area contributed by atoms with Crippen LogP contribution in [0.15, 0.2) is 59.9 Å². The lowest BCUT2D eigenvalue weighted by Gasteiger charge is -2.62. The number of hydrogen-bond acceptors (Lipinski definition) is 3. The van der Waals surface area contributed by atoms with Crippen molar-refractivity contribution in [1.29, 1.82) is 0 Å². The van der Waals surface area contributed by atoms with Crippen molar-refractivity contribution in [1.82, 2.24) is 9.55 Å². The Kier molecular flexibility index (Phi) is 3.35. The van der Waals surface area contributed by atoms with Crippen molar-refractivity contribution in [2.75, 3.05) is 0 Å². The number of Topliss-reactive ketones (excluding diaryl/α,β-unsaturated/α-hetero) is 1. The minimum absolute atomic E-state index is 0.0176.